The van der Waals surface area contributed by atoms with Crippen LogP contribution in [0.3, 0.4) is 0 Å². The molecule has 0 saturated carbocycles. The highest BCUT2D eigenvalue weighted by atomic mass is 79.9. The van der Waals surface area contributed by atoms with E-state index in [1.807, 2.05) is 0 Å². The van der Waals surface area contributed by atoms with E-state index in [4.69, 9.17) is 25.8 Å². The van der Waals surface area contributed by atoms with E-state index < -0.39 is 18.8 Å². The lowest BCUT2D eigenvalue weighted by molar-refractivity contribution is 0.0557. The molecule has 0 aliphatic carbocycles. The fourth-order valence-electron chi connectivity index (χ4n) is 2.17. The standard InChI is InChI=1S/C16H11BrClF2N2O4PS.2CH4/c17-13-7-9(1-6-12(13)16(19,20)27(23,24)25)8-28-15-22-21-14(26-15)10-2-4-11(18)5-3-10;;/h1-7H,8H2,(H2,23,24,25);2*1H4. The van der Waals surface area contributed by atoms with Gasteiger partial charge in [0.2, 0.25) is 5.89 Å². The summed E-state index contributed by atoms with van der Waals surface area (Å²) in [5.41, 5.74) is -3.74. The Bertz CT molecular complexity index is 1050. The molecule has 0 aliphatic heterocycles. The lowest BCUT2D eigenvalue weighted by atomic mass is 10.1. The van der Waals surface area contributed by atoms with Crippen LogP contribution in [-0.2, 0) is 16.0 Å². The maximum Gasteiger partial charge on any atom is 0.399 e. The van der Waals surface area contributed by atoms with Gasteiger partial charge in [0.25, 0.3) is 5.22 Å². The van der Waals surface area contributed by atoms with Gasteiger partial charge in [-0.15, -0.1) is 10.2 Å². The SMILES string of the molecule is C.C.O=P(O)(O)C(F)(F)c1ccc(CSc2nnc(-c3ccc(Cl)cc3)o2)cc1Br. The van der Waals surface area contributed by atoms with Gasteiger partial charge in [0.05, 0.1) is 0 Å². The largest absolute Gasteiger partial charge is 0.411 e. The number of halogens is 4. The summed E-state index contributed by atoms with van der Waals surface area (Å²) in [5.74, 6) is 0.639. The zero-order chi connectivity index (χ0) is 20.5. The minimum absolute atomic E-state index is 0. The molecule has 164 valence electrons. The Labute approximate surface area is 190 Å². The van der Waals surface area contributed by atoms with Crippen LogP contribution in [0.4, 0.5) is 8.78 Å². The van der Waals surface area contributed by atoms with Crippen LogP contribution < -0.4 is 0 Å². The lowest BCUT2D eigenvalue weighted by Gasteiger charge is -2.19. The smallest absolute Gasteiger partial charge is 0.399 e. The van der Waals surface area contributed by atoms with Crippen molar-refractivity contribution in [3.05, 3.63) is 63.1 Å². The summed E-state index contributed by atoms with van der Waals surface area (Å²) in [7, 11) is -5.64. The van der Waals surface area contributed by atoms with Gasteiger partial charge in [0, 0.05) is 26.4 Å². The highest BCUT2D eigenvalue weighted by molar-refractivity contribution is 9.10. The van der Waals surface area contributed by atoms with Crippen LogP contribution in [0, 0.1) is 0 Å². The first kappa shape index (κ1) is 26.7. The molecule has 0 saturated heterocycles. The molecule has 1 heterocycles. The van der Waals surface area contributed by atoms with Gasteiger partial charge >= 0.3 is 13.3 Å². The van der Waals surface area contributed by atoms with Gasteiger partial charge in [-0.2, -0.15) is 8.78 Å². The third-order valence-corrected chi connectivity index (χ3v) is 6.35. The van der Waals surface area contributed by atoms with Crippen LogP contribution in [0.2, 0.25) is 5.02 Å². The number of nitrogens with zero attached hydrogens (tertiary/aromatic N) is 2. The summed E-state index contributed by atoms with van der Waals surface area (Å²) >= 11 is 9.97. The Morgan fingerprint density at radius 3 is 2.33 bits per heavy atom. The van der Waals surface area contributed by atoms with E-state index in [1.165, 1.54) is 23.9 Å². The van der Waals surface area contributed by atoms with Crippen molar-refractivity contribution in [1.82, 2.24) is 10.2 Å². The van der Waals surface area contributed by atoms with Crippen molar-refractivity contribution in [2.45, 2.75) is 31.5 Å². The Kier molecular flexibility index (Phi) is 9.22. The van der Waals surface area contributed by atoms with Crippen LogP contribution in [0.15, 0.2) is 56.6 Å². The fraction of sp³-hybridized carbons (Fsp3) is 0.222. The first-order valence-electron chi connectivity index (χ1n) is 7.52. The van der Waals surface area contributed by atoms with Crippen LogP contribution in [0.1, 0.15) is 26.0 Å². The Hall–Kier alpha value is -1.29. The second kappa shape index (κ2) is 10.3. The maximum atomic E-state index is 13.9. The predicted octanol–water partition coefficient (Wildman–Crippen LogP) is 6.94. The minimum atomic E-state index is -5.64. The van der Waals surface area contributed by atoms with Crippen molar-refractivity contribution >= 4 is 46.9 Å². The van der Waals surface area contributed by atoms with E-state index in [2.05, 4.69) is 26.1 Å². The normalized spacial score (nSPS) is 11.5. The van der Waals surface area contributed by atoms with Crippen molar-refractivity contribution in [1.29, 1.82) is 0 Å². The molecule has 3 rings (SSSR count). The topological polar surface area (TPSA) is 96.5 Å². The number of benzene rings is 2. The molecule has 6 nitrogen and oxygen atoms in total. The predicted molar refractivity (Wildman–Crippen MR) is 118 cm³/mol. The van der Waals surface area contributed by atoms with Crippen molar-refractivity contribution < 1.29 is 27.5 Å². The second-order valence-electron chi connectivity index (χ2n) is 5.57. The van der Waals surface area contributed by atoms with Gasteiger partial charge in [-0.1, -0.05) is 66.3 Å². The average molecular weight is 544 g/mol. The monoisotopic (exact) mass is 542 g/mol. The third kappa shape index (κ3) is 5.90. The molecule has 0 spiro atoms. The van der Waals surface area contributed by atoms with Gasteiger partial charge in [-0.25, -0.2) is 0 Å². The second-order valence-corrected chi connectivity index (χ2v) is 9.44. The number of rotatable bonds is 6. The van der Waals surface area contributed by atoms with E-state index in [9.17, 15) is 13.3 Å². The molecule has 2 N–H and O–H groups in total. The minimum Gasteiger partial charge on any atom is -0.411 e. The first-order chi connectivity index (χ1) is 13.1. The summed E-state index contributed by atoms with van der Waals surface area (Å²) in [6, 6.07) is 10.6. The van der Waals surface area contributed by atoms with E-state index >= 15 is 0 Å². The van der Waals surface area contributed by atoms with Gasteiger partial charge in [-0.3, -0.25) is 4.57 Å². The van der Waals surface area contributed by atoms with Gasteiger partial charge in [-0.05, 0) is 35.9 Å². The molecule has 0 radical (unpaired) electrons. The molecule has 1 aromatic heterocycles. The molecule has 0 fully saturated rings. The van der Waals surface area contributed by atoms with E-state index in [0.717, 1.165) is 6.07 Å². The number of hydrogen-bond acceptors (Lipinski definition) is 5. The number of thioether (sulfide) groups is 1. The Balaban J connectivity index is 0.00000225. The number of hydrogen-bond donors (Lipinski definition) is 2. The van der Waals surface area contributed by atoms with Crippen LogP contribution in [0.25, 0.3) is 11.5 Å². The van der Waals surface area contributed by atoms with E-state index in [0.29, 0.717) is 27.8 Å². The van der Waals surface area contributed by atoms with E-state index in [1.54, 1.807) is 24.3 Å². The van der Waals surface area contributed by atoms with Gasteiger partial charge < -0.3 is 14.2 Å². The van der Waals surface area contributed by atoms with Crippen LogP contribution >= 0.6 is 46.9 Å². The summed E-state index contributed by atoms with van der Waals surface area (Å²) in [6.07, 6.45) is 0. The maximum absolute atomic E-state index is 13.9. The van der Waals surface area contributed by atoms with Gasteiger partial charge in [0.15, 0.2) is 0 Å². The molecule has 2 aromatic carbocycles. The molecule has 0 atom stereocenters. The molecule has 12 heteroatoms. The van der Waals surface area contributed by atoms with Crippen molar-refractivity contribution in [2.75, 3.05) is 0 Å². The summed E-state index contributed by atoms with van der Waals surface area (Å²) in [4.78, 5) is 17.7. The van der Waals surface area contributed by atoms with Crippen molar-refractivity contribution in [3.63, 3.8) is 0 Å². The molecular weight excluding hydrogens is 525 g/mol. The summed E-state index contributed by atoms with van der Waals surface area (Å²) in [6.45, 7) is 0. The first-order valence-corrected chi connectivity index (χ1v) is 11.3. The highest BCUT2D eigenvalue weighted by Gasteiger charge is 2.51. The molecule has 0 unspecified atom stereocenters. The van der Waals surface area contributed by atoms with Crippen molar-refractivity contribution in [3.8, 4) is 11.5 Å². The number of alkyl halides is 2. The van der Waals surface area contributed by atoms with Crippen LogP contribution in [-0.4, -0.2) is 20.0 Å². The molecule has 3 aromatic rings. The zero-order valence-corrected chi connectivity index (χ0v) is 17.8. The Morgan fingerprint density at radius 1 is 1.13 bits per heavy atom. The Morgan fingerprint density at radius 2 is 1.77 bits per heavy atom. The quantitative estimate of drug-likeness (QED) is 0.257. The highest BCUT2D eigenvalue weighted by Crippen LogP contribution is 2.60. The van der Waals surface area contributed by atoms with Crippen molar-refractivity contribution in [2.24, 2.45) is 0 Å². The molecule has 0 aliphatic rings. The lowest BCUT2D eigenvalue weighted by Crippen LogP contribution is -2.14. The molecule has 30 heavy (non-hydrogen) atoms. The average Bonchev–Trinajstić information content (AvgIpc) is 3.08. The molecule has 0 amide bonds. The number of aromatic nitrogens is 2. The van der Waals surface area contributed by atoms with Crippen LogP contribution in [0.5, 0.6) is 0 Å². The fourth-order valence-corrected chi connectivity index (χ4v) is 4.34. The molecule has 0 bridgehead atoms. The summed E-state index contributed by atoms with van der Waals surface area (Å²) < 4.78 is 44.2. The van der Waals surface area contributed by atoms with Gasteiger partial charge in [0.1, 0.15) is 0 Å². The van der Waals surface area contributed by atoms with E-state index in [-0.39, 0.29) is 24.5 Å². The third-order valence-electron chi connectivity index (χ3n) is 3.58. The molecular formula is C18H19BrClF2N2O4PS. The summed E-state index contributed by atoms with van der Waals surface area (Å²) in [5, 5.41) is 8.73. The zero-order valence-electron chi connectivity index (χ0n) is 13.7.